The molecule has 1 N–H and O–H groups in total. The van der Waals surface area contributed by atoms with Crippen molar-refractivity contribution >= 4 is 0 Å². The normalized spacial score (nSPS) is 15.5. The maximum absolute atomic E-state index is 5.91. The Morgan fingerprint density at radius 1 is 1.45 bits per heavy atom. The van der Waals surface area contributed by atoms with Gasteiger partial charge in [-0.15, -0.1) is 0 Å². The first-order valence-electron chi connectivity index (χ1n) is 7.64. The maximum atomic E-state index is 5.91. The van der Waals surface area contributed by atoms with Gasteiger partial charge in [0.05, 0.1) is 13.2 Å². The van der Waals surface area contributed by atoms with Gasteiger partial charge in [0.15, 0.2) is 0 Å². The van der Waals surface area contributed by atoms with Crippen molar-refractivity contribution in [3.63, 3.8) is 0 Å². The number of rotatable bonds is 9. The van der Waals surface area contributed by atoms with E-state index in [1.165, 1.54) is 18.4 Å². The molecule has 0 unspecified atom stereocenters. The first-order valence-corrected chi connectivity index (χ1v) is 7.64. The van der Waals surface area contributed by atoms with Crippen molar-refractivity contribution in [2.75, 3.05) is 20.3 Å². The number of furan rings is 1. The van der Waals surface area contributed by atoms with Crippen molar-refractivity contribution in [3.8, 4) is 0 Å². The number of hydrogen-bond donors (Lipinski definition) is 1. The van der Waals surface area contributed by atoms with E-state index >= 15 is 0 Å². The van der Waals surface area contributed by atoms with Gasteiger partial charge in [-0.05, 0) is 25.8 Å². The minimum atomic E-state index is 0.498. The van der Waals surface area contributed by atoms with E-state index in [1.807, 2.05) is 0 Å². The van der Waals surface area contributed by atoms with Crippen molar-refractivity contribution in [1.82, 2.24) is 10.2 Å². The van der Waals surface area contributed by atoms with Gasteiger partial charge in [-0.2, -0.15) is 0 Å². The molecule has 1 heterocycles. The highest BCUT2D eigenvalue weighted by atomic mass is 16.5. The fraction of sp³-hybridized carbons (Fsp3) is 0.750. The number of nitrogens with one attached hydrogen (secondary N) is 1. The topological polar surface area (TPSA) is 37.6 Å². The highest BCUT2D eigenvalue weighted by Gasteiger charge is 2.29. The van der Waals surface area contributed by atoms with E-state index in [0.29, 0.717) is 6.04 Å². The Bertz CT molecular complexity index is 411. The van der Waals surface area contributed by atoms with E-state index in [4.69, 9.17) is 9.15 Å². The third kappa shape index (κ3) is 4.62. The Morgan fingerprint density at radius 3 is 2.80 bits per heavy atom. The summed E-state index contributed by atoms with van der Waals surface area (Å²) >= 11 is 0. The number of hydrogen-bond acceptors (Lipinski definition) is 4. The lowest BCUT2D eigenvalue weighted by Gasteiger charge is -2.19. The van der Waals surface area contributed by atoms with Crippen LogP contribution in [0.3, 0.4) is 0 Å². The summed E-state index contributed by atoms with van der Waals surface area (Å²) in [5.74, 6) is 2.11. The smallest absolute Gasteiger partial charge is 0.118 e. The summed E-state index contributed by atoms with van der Waals surface area (Å²) in [5.41, 5.74) is 1.27. The van der Waals surface area contributed by atoms with Crippen LogP contribution in [0.5, 0.6) is 0 Å². The second kappa shape index (κ2) is 7.25. The van der Waals surface area contributed by atoms with Gasteiger partial charge in [0.25, 0.3) is 0 Å². The summed E-state index contributed by atoms with van der Waals surface area (Å²) in [4.78, 5) is 2.47. The molecule has 1 saturated carbocycles. The van der Waals surface area contributed by atoms with Crippen molar-refractivity contribution in [2.24, 2.45) is 0 Å². The van der Waals surface area contributed by atoms with Crippen LogP contribution in [-0.4, -0.2) is 37.2 Å². The van der Waals surface area contributed by atoms with Crippen LogP contribution in [0, 0.1) is 6.92 Å². The molecule has 1 aliphatic carbocycles. The van der Waals surface area contributed by atoms with E-state index in [1.54, 1.807) is 7.11 Å². The fourth-order valence-electron chi connectivity index (χ4n) is 2.39. The van der Waals surface area contributed by atoms with Crippen LogP contribution < -0.4 is 5.32 Å². The predicted molar refractivity (Wildman–Crippen MR) is 80.7 cm³/mol. The molecule has 1 aromatic rings. The second-order valence-corrected chi connectivity index (χ2v) is 6.02. The molecule has 4 nitrogen and oxygen atoms in total. The zero-order valence-corrected chi connectivity index (χ0v) is 13.2. The Hall–Kier alpha value is -0.840. The molecule has 0 bridgehead atoms. The molecular formula is C16H28N2O2. The van der Waals surface area contributed by atoms with Crippen LogP contribution in [0.4, 0.5) is 0 Å². The highest BCUT2D eigenvalue weighted by molar-refractivity contribution is 5.21. The summed E-state index contributed by atoms with van der Waals surface area (Å²) in [6.45, 7) is 9.94. The predicted octanol–water partition coefficient (Wildman–Crippen LogP) is 2.70. The molecule has 0 aromatic carbocycles. The molecule has 20 heavy (non-hydrogen) atoms. The van der Waals surface area contributed by atoms with Gasteiger partial charge >= 0.3 is 0 Å². The molecule has 114 valence electrons. The summed E-state index contributed by atoms with van der Waals surface area (Å²) in [7, 11) is 1.76. The highest BCUT2D eigenvalue weighted by Crippen LogP contribution is 2.28. The van der Waals surface area contributed by atoms with Gasteiger partial charge in [-0.25, -0.2) is 0 Å². The van der Waals surface area contributed by atoms with E-state index in [0.717, 1.165) is 43.8 Å². The molecule has 0 saturated heterocycles. The maximum Gasteiger partial charge on any atom is 0.118 e. The van der Waals surface area contributed by atoms with Gasteiger partial charge in [0, 0.05) is 37.8 Å². The quantitative estimate of drug-likeness (QED) is 0.755. The molecule has 1 aromatic heterocycles. The lowest BCUT2D eigenvalue weighted by Crippen LogP contribution is -2.29. The van der Waals surface area contributed by atoms with Gasteiger partial charge in [0.2, 0.25) is 0 Å². The summed E-state index contributed by atoms with van der Waals surface area (Å²) < 4.78 is 11.1. The first kappa shape index (κ1) is 15.5. The van der Waals surface area contributed by atoms with Crippen LogP contribution in [-0.2, 0) is 17.8 Å². The zero-order valence-electron chi connectivity index (χ0n) is 13.2. The third-order valence-electron chi connectivity index (χ3n) is 3.78. The summed E-state index contributed by atoms with van der Waals surface area (Å²) in [5, 5.41) is 3.45. The minimum absolute atomic E-state index is 0.498. The molecule has 0 aliphatic heterocycles. The van der Waals surface area contributed by atoms with Crippen LogP contribution in [0.25, 0.3) is 0 Å². The Kier molecular flexibility index (Phi) is 5.64. The van der Waals surface area contributed by atoms with Gasteiger partial charge < -0.3 is 14.5 Å². The standard InChI is InChI=1S/C16H28N2O2/c1-12(2)17-10-14-9-16(20-13(14)3)11-18(7-8-19-4)15-5-6-15/h9,12,15,17H,5-8,10-11H2,1-4H3. The molecule has 0 radical (unpaired) electrons. The average molecular weight is 280 g/mol. The van der Waals surface area contributed by atoms with Crippen LogP contribution in [0.2, 0.25) is 0 Å². The van der Waals surface area contributed by atoms with E-state index < -0.39 is 0 Å². The number of nitrogens with zero attached hydrogens (tertiary/aromatic N) is 1. The Morgan fingerprint density at radius 2 is 2.20 bits per heavy atom. The Balaban J connectivity index is 1.92. The van der Waals surface area contributed by atoms with E-state index in [-0.39, 0.29) is 0 Å². The van der Waals surface area contributed by atoms with Crippen molar-refractivity contribution in [3.05, 3.63) is 23.2 Å². The molecule has 1 aliphatic rings. The number of aryl methyl sites for hydroxylation is 1. The van der Waals surface area contributed by atoms with Gasteiger partial charge in [-0.1, -0.05) is 13.8 Å². The monoisotopic (exact) mass is 280 g/mol. The largest absolute Gasteiger partial charge is 0.465 e. The zero-order chi connectivity index (χ0) is 14.5. The average Bonchev–Trinajstić information content (AvgIpc) is 3.17. The van der Waals surface area contributed by atoms with Gasteiger partial charge in [0.1, 0.15) is 11.5 Å². The number of ether oxygens (including phenoxy) is 1. The lowest BCUT2D eigenvalue weighted by molar-refractivity contribution is 0.134. The molecule has 0 atom stereocenters. The van der Waals surface area contributed by atoms with Crippen LogP contribution >= 0.6 is 0 Å². The molecule has 4 heteroatoms. The molecule has 2 rings (SSSR count). The second-order valence-electron chi connectivity index (χ2n) is 6.02. The minimum Gasteiger partial charge on any atom is -0.465 e. The van der Waals surface area contributed by atoms with E-state index in [2.05, 4.69) is 37.1 Å². The van der Waals surface area contributed by atoms with Crippen LogP contribution in [0.15, 0.2) is 10.5 Å². The van der Waals surface area contributed by atoms with Crippen molar-refractivity contribution in [2.45, 2.75) is 58.8 Å². The van der Waals surface area contributed by atoms with Crippen molar-refractivity contribution < 1.29 is 9.15 Å². The lowest BCUT2D eigenvalue weighted by atomic mass is 10.2. The fourth-order valence-corrected chi connectivity index (χ4v) is 2.39. The Labute approximate surface area is 122 Å². The summed E-state index contributed by atoms with van der Waals surface area (Å²) in [6.07, 6.45) is 2.62. The molecule has 1 fully saturated rings. The molecule has 0 spiro atoms. The number of methoxy groups -OCH3 is 1. The SMILES string of the molecule is COCCN(Cc1cc(CNC(C)C)c(C)o1)C1CC1. The molecule has 0 amide bonds. The third-order valence-corrected chi connectivity index (χ3v) is 3.78. The van der Waals surface area contributed by atoms with Gasteiger partial charge in [-0.3, -0.25) is 4.90 Å². The molecular weight excluding hydrogens is 252 g/mol. The van der Waals surface area contributed by atoms with E-state index in [9.17, 15) is 0 Å². The van der Waals surface area contributed by atoms with Crippen molar-refractivity contribution in [1.29, 1.82) is 0 Å². The first-order chi connectivity index (χ1) is 9.60. The van der Waals surface area contributed by atoms with Crippen LogP contribution in [0.1, 0.15) is 43.8 Å². The summed E-state index contributed by atoms with van der Waals surface area (Å²) in [6, 6.07) is 3.43.